The van der Waals surface area contributed by atoms with Crippen LogP contribution in [-0.2, 0) is 11.8 Å². The van der Waals surface area contributed by atoms with E-state index in [2.05, 4.69) is 5.10 Å². The van der Waals surface area contributed by atoms with E-state index in [-0.39, 0.29) is 21.7 Å². The first-order chi connectivity index (χ1) is 11.9. The van der Waals surface area contributed by atoms with Crippen LogP contribution in [0.15, 0.2) is 21.8 Å². The SMILES string of the molecule is COCCCOc1c(SC)ccc(C(=O)c2c(C)[nH]n(C)c2=O)c1Cl. The predicted molar refractivity (Wildman–Crippen MR) is 99.4 cm³/mol. The number of halogens is 1. The van der Waals surface area contributed by atoms with Crippen LogP contribution in [0.5, 0.6) is 5.75 Å². The van der Waals surface area contributed by atoms with E-state index in [0.29, 0.717) is 31.1 Å². The third-order valence-corrected chi connectivity index (χ3v) is 4.86. The molecule has 0 radical (unpaired) electrons. The van der Waals surface area contributed by atoms with Crippen molar-refractivity contribution in [3.05, 3.63) is 44.3 Å². The summed E-state index contributed by atoms with van der Waals surface area (Å²) in [7, 11) is 3.19. The van der Waals surface area contributed by atoms with Gasteiger partial charge in [0.15, 0.2) is 5.75 Å². The standard InChI is InChI=1S/C17H21ClN2O4S/c1-10-13(17(22)20(2)19-10)15(21)11-6-7-12(25-4)16(14(11)18)24-9-5-8-23-3/h6-7,19H,5,8-9H2,1-4H3. The molecule has 6 nitrogen and oxygen atoms in total. The third kappa shape index (κ3) is 4.11. The van der Waals surface area contributed by atoms with Crippen LogP contribution < -0.4 is 10.3 Å². The minimum absolute atomic E-state index is 0.0895. The normalized spacial score (nSPS) is 10.9. The molecule has 0 saturated carbocycles. The molecular weight excluding hydrogens is 364 g/mol. The highest BCUT2D eigenvalue weighted by Crippen LogP contribution is 2.38. The van der Waals surface area contributed by atoms with Gasteiger partial charge in [0, 0.05) is 38.4 Å². The van der Waals surface area contributed by atoms with Crippen LogP contribution in [0.4, 0.5) is 0 Å². The maximum Gasteiger partial charge on any atom is 0.277 e. The number of rotatable bonds is 8. The van der Waals surface area contributed by atoms with Crippen LogP contribution in [-0.4, -0.2) is 42.1 Å². The number of benzene rings is 1. The van der Waals surface area contributed by atoms with Crippen LogP contribution in [0.3, 0.4) is 0 Å². The van der Waals surface area contributed by atoms with E-state index in [1.807, 2.05) is 6.26 Å². The number of H-pyrrole nitrogens is 1. The highest BCUT2D eigenvalue weighted by molar-refractivity contribution is 7.98. The summed E-state index contributed by atoms with van der Waals surface area (Å²) in [5.41, 5.74) is 0.466. The number of carbonyl (C=O) groups excluding carboxylic acids is 1. The molecular formula is C17H21ClN2O4S. The summed E-state index contributed by atoms with van der Waals surface area (Å²) >= 11 is 7.93. The molecule has 0 fully saturated rings. The fraction of sp³-hybridized carbons (Fsp3) is 0.412. The monoisotopic (exact) mass is 384 g/mol. The number of nitrogens with one attached hydrogen (secondary N) is 1. The molecule has 1 aromatic carbocycles. The summed E-state index contributed by atoms with van der Waals surface area (Å²) in [5.74, 6) is 0.0416. The summed E-state index contributed by atoms with van der Waals surface area (Å²) in [5, 5.41) is 3.04. The highest BCUT2D eigenvalue weighted by Gasteiger charge is 2.24. The molecule has 0 unspecified atom stereocenters. The summed E-state index contributed by atoms with van der Waals surface area (Å²) in [6, 6.07) is 3.41. The molecule has 0 atom stereocenters. The minimum atomic E-state index is -0.418. The lowest BCUT2D eigenvalue weighted by molar-refractivity contribution is 0.103. The molecule has 8 heteroatoms. The van der Waals surface area contributed by atoms with Crippen molar-refractivity contribution < 1.29 is 14.3 Å². The largest absolute Gasteiger partial charge is 0.491 e. The van der Waals surface area contributed by atoms with Gasteiger partial charge < -0.3 is 9.47 Å². The average molecular weight is 385 g/mol. The maximum atomic E-state index is 12.9. The Morgan fingerprint density at radius 1 is 1.36 bits per heavy atom. The Bertz CT molecular complexity index is 829. The summed E-state index contributed by atoms with van der Waals surface area (Å²) < 4.78 is 12.1. The molecule has 0 aliphatic heterocycles. The van der Waals surface area contributed by atoms with Crippen molar-refractivity contribution in [3.63, 3.8) is 0 Å². The molecule has 0 amide bonds. The van der Waals surface area contributed by atoms with Crippen LogP contribution in [0.1, 0.15) is 28.0 Å². The van der Waals surface area contributed by atoms with Gasteiger partial charge >= 0.3 is 0 Å². The molecule has 0 bridgehead atoms. The van der Waals surface area contributed by atoms with E-state index in [1.165, 1.54) is 16.4 Å². The second-order valence-corrected chi connectivity index (χ2v) is 6.68. The number of aromatic amines is 1. The molecule has 1 N–H and O–H groups in total. The van der Waals surface area contributed by atoms with E-state index in [1.54, 1.807) is 33.2 Å². The Kier molecular flexibility index (Phi) is 6.75. The molecule has 0 spiro atoms. The Morgan fingerprint density at radius 2 is 2.08 bits per heavy atom. The Balaban J connectivity index is 2.41. The number of thioether (sulfide) groups is 1. The number of hydrogen-bond donors (Lipinski definition) is 1. The van der Waals surface area contributed by atoms with Crippen molar-refractivity contribution >= 4 is 29.1 Å². The van der Waals surface area contributed by atoms with Gasteiger partial charge in [-0.2, -0.15) is 0 Å². The number of aryl methyl sites for hydroxylation is 2. The van der Waals surface area contributed by atoms with Gasteiger partial charge in [0.25, 0.3) is 5.56 Å². The number of ketones is 1. The zero-order chi connectivity index (χ0) is 18.6. The van der Waals surface area contributed by atoms with Crippen molar-refractivity contribution in [2.24, 2.45) is 7.05 Å². The zero-order valence-electron chi connectivity index (χ0n) is 14.6. The molecule has 0 aliphatic rings. The third-order valence-electron chi connectivity index (χ3n) is 3.72. The number of methoxy groups -OCH3 is 1. The molecule has 1 heterocycles. The molecule has 25 heavy (non-hydrogen) atoms. The van der Waals surface area contributed by atoms with E-state index in [9.17, 15) is 9.59 Å². The van der Waals surface area contributed by atoms with Gasteiger partial charge in [-0.1, -0.05) is 11.6 Å². The lowest BCUT2D eigenvalue weighted by atomic mass is 10.0. The average Bonchev–Trinajstić information content (AvgIpc) is 2.84. The number of aromatic nitrogens is 2. The molecule has 1 aromatic heterocycles. The number of hydrogen-bond acceptors (Lipinski definition) is 5. The summed E-state index contributed by atoms with van der Waals surface area (Å²) in [6.07, 6.45) is 2.61. The first-order valence-corrected chi connectivity index (χ1v) is 9.31. The van der Waals surface area contributed by atoms with Crippen LogP contribution in [0.2, 0.25) is 5.02 Å². The summed E-state index contributed by atoms with van der Waals surface area (Å²) in [4.78, 5) is 25.9. The molecule has 0 aliphatic carbocycles. The van der Waals surface area contributed by atoms with Gasteiger partial charge in [-0.15, -0.1) is 11.8 Å². The van der Waals surface area contributed by atoms with E-state index in [4.69, 9.17) is 21.1 Å². The van der Waals surface area contributed by atoms with Crippen LogP contribution >= 0.6 is 23.4 Å². The van der Waals surface area contributed by atoms with E-state index < -0.39 is 5.78 Å². The van der Waals surface area contributed by atoms with Gasteiger partial charge in [-0.25, -0.2) is 0 Å². The first kappa shape index (κ1) is 19.6. The van der Waals surface area contributed by atoms with Crippen molar-refractivity contribution in [3.8, 4) is 5.75 Å². The van der Waals surface area contributed by atoms with Crippen molar-refractivity contribution in [2.45, 2.75) is 18.2 Å². The first-order valence-electron chi connectivity index (χ1n) is 7.70. The maximum absolute atomic E-state index is 12.9. The highest BCUT2D eigenvalue weighted by atomic mass is 35.5. The second-order valence-electron chi connectivity index (χ2n) is 5.46. The quantitative estimate of drug-likeness (QED) is 0.430. The van der Waals surface area contributed by atoms with Crippen LogP contribution in [0.25, 0.3) is 0 Å². The Labute approximate surface area is 155 Å². The Hall–Kier alpha value is -1.70. The topological polar surface area (TPSA) is 73.3 Å². The lowest BCUT2D eigenvalue weighted by Crippen LogP contribution is -2.20. The second kappa shape index (κ2) is 8.60. The number of ether oxygens (including phenoxy) is 2. The summed E-state index contributed by atoms with van der Waals surface area (Å²) in [6.45, 7) is 2.67. The van der Waals surface area contributed by atoms with E-state index >= 15 is 0 Å². The van der Waals surface area contributed by atoms with Gasteiger partial charge in [-0.05, 0) is 25.3 Å². The lowest BCUT2D eigenvalue weighted by Gasteiger charge is -2.14. The van der Waals surface area contributed by atoms with E-state index in [0.717, 1.165) is 4.90 Å². The van der Waals surface area contributed by atoms with Gasteiger partial charge in [0.05, 0.1) is 16.5 Å². The van der Waals surface area contributed by atoms with Crippen molar-refractivity contribution in [1.82, 2.24) is 9.78 Å². The molecule has 2 aromatic rings. The molecule has 2 rings (SSSR count). The van der Waals surface area contributed by atoms with Gasteiger partial charge in [-0.3, -0.25) is 19.4 Å². The fourth-order valence-corrected chi connectivity index (χ4v) is 3.39. The molecule has 136 valence electrons. The smallest absolute Gasteiger partial charge is 0.277 e. The van der Waals surface area contributed by atoms with Gasteiger partial charge in [0.1, 0.15) is 5.56 Å². The number of nitrogens with zero attached hydrogens (tertiary/aromatic N) is 1. The van der Waals surface area contributed by atoms with Crippen LogP contribution in [0, 0.1) is 6.92 Å². The van der Waals surface area contributed by atoms with Gasteiger partial charge in [0.2, 0.25) is 5.78 Å². The fourth-order valence-electron chi connectivity index (χ4n) is 2.47. The zero-order valence-corrected chi connectivity index (χ0v) is 16.2. The molecule has 0 saturated heterocycles. The van der Waals surface area contributed by atoms with Crippen molar-refractivity contribution in [1.29, 1.82) is 0 Å². The Morgan fingerprint density at radius 3 is 2.64 bits per heavy atom. The number of carbonyl (C=O) groups is 1. The predicted octanol–water partition coefficient (Wildman–Crippen LogP) is 3.04. The minimum Gasteiger partial charge on any atom is -0.491 e. The van der Waals surface area contributed by atoms with Crippen molar-refractivity contribution in [2.75, 3.05) is 26.6 Å².